The molecule has 0 aliphatic heterocycles. The van der Waals surface area contributed by atoms with Gasteiger partial charge in [0.05, 0.1) is 6.20 Å². The molecule has 0 aliphatic carbocycles. The van der Waals surface area contributed by atoms with Crippen molar-refractivity contribution in [1.82, 2.24) is 4.98 Å². The molecule has 0 fully saturated rings. The van der Waals surface area contributed by atoms with Gasteiger partial charge in [0.15, 0.2) is 5.03 Å². The van der Waals surface area contributed by atoms with E-state index in [1.807, 2.05) is 0 Å². The summed E-state index contributed by atoms with van der Waals surface area (Å²) >= 11 is -2.12. The number of halogens is 1. The maximum atomic E-state index is 12.1. The molecular formula is C5H4FNO2S. The van der Waals surface area contributed by atoms with Crippen LogP contribution >= 0.6 is 0 Å². The van der Waals surface area contributed by atoms with Crippen molar-refractivity contribution in [1.29, 1.82) is 0 Å². The number of rotatable bonds is 1. The highest BCUT2D eigenvalue weighted by Gasteiger charge is 1.99. The van der Waals surface area contributed by atoms with Gasteiger partial charge < -0.3 is 4.55 Å². The van der Waals surface area contributed by atoms with Gasteiger partial charge in [0.2, 0.25) is 11.1 Å². The van der Waals surface area contributed by atoms with Crippen LogP contribution in [-0.4, -0.2) is 13.7 Å². The van der Waals surface area contributed by atoms with Gasteiger partial charge in [-0.05, 0) is 12.1 Å². The highest BCUT2D eigenvalue weighted by molar-refractivity contribution is 7.79. The van der Waals surface area contributed by atoms with Crippen LogP contribution in [-0.2, 0) is 11.1 Å². The minimum Gasteiger partial charge on any atom is -0.301 e. The third-order valence-electron chi connectivity index (χ3n) is 0.879. The zero-order valence-corrected chi connectivity index (χ0v) is 5.64. The van der Waals surface area contributed by atoms with Crippen LogP contribution in [0.2, 0.25) is 0 Å². The molecule has 0 spiro atoms. The molecule has 0 amide bonds. The van der Waals surface area contributed by atoms with Crippen LogP contribution < -0.4 is 0 Å². The Morgan fingerprint density at radius 1 is 1.60 bits per heavy atom. The number of aromatic nitrogens is 1. The van der Waals surface area contributed by atoms with E-state index in [2.05, 4.69) is 4.98 Å². The Morgan fingerprint density at radius 2 is 2.30 bits per heavy atom. The average molecular weight is 161 g/mol. The van der Waals surface area contributed by atoms with Gasteiger partial charge in [-0.2, -0.15) is 0 Å². The van der Waals surface area contributed by atoms with E-state index in [0.717, 1.165) is 18.3 Å². The normalized spacial score (nSPS) is 13.0. The van der Waals surface area contributed by atoms with Gasteiger partial charge in [-0.15, -0.1) is 0 Å². The molecular weight excluding hydrogens is 157 g/mol. The average Bonchev–Trinajstić information content (AvgIpc) is 1.88. The summed E-state index contributed by atoms with van der Waals surface area (Å²) in [4.78, 5) is 3.35. The molecule has 0 saturated carbocycles. The van der Waals surface area contributed by atoms with Crippen molar-refractivity contribution in [3.63, 3.8) is 0 Å². The van der Waals surface area contributed by atoms with Gasteiger partial charge in [0.1, 0.15) is 5.82 Å². The second-order valence-corrected chi connectivity index (χ2v) is 2.48. The molecule has 1 aromatic rings. The van der Waals surface area contributed by atoms with E-state index in [0.29, 0.717) is 0 Å². The molecule has 0 bridgehead atoms. The smallest absolute Gasteiger partial charge is 0.205 e. The zero-order valence-electron chi connectivity index (χ0n) is 4.82. The lowest BCUT2D eigenvalue weighted by atomic mass is 10.5. The van der Waals surface area contributed by atoms with E-state index in [9.17, 15) is 8.60 Å². The summed E-state index contributed by atoms with van der Waals surface area (Å²) in [5.74, 6) is -0.519. The highest BCUT2D eigenvalue weighted by atomic mass is 32.2. The minimum absolute atomic E-state index is 0.0404. The van der Waals surface area contributed by atoms with Crippen LogP contribution in [0.3, 0.4) is 0 Å². The van der Waals surface area contributed by atoms with Crippen LogP contribution in [0, 0.1) is 5.82 Å². The lowest BCUT2D eigenvalue weighted by Crippen LogP contribution is -1.91. The summed E-state index contributed by atoms with van der Waals surface area (Å²) in [7, 11) is 0. The SMILES string of the molecule is O=S(O)c1ccc(F)cn1. The zero-order chi connectivity index (χ0) is 7.56. The third-order valence-corrected chi connectivity index (χ3v) is 1.48. The molecule has 0 radical (unpaired) electrons. The highest BCUT2D eigenvalue weighted by Crippen LogP contribution is 2.00. The minimum atomic E-state index is -2.12. The Labute approximate surface area is 59.2 Å². The molecule has 1 heterocycles. The van der Waals surface area contributed by atoms with Crippen LogP contribution in [0.1, 0.15) is 0 Å². The number of hydrogen-bond donors (Lipinski definition) is 1. The van der Waals surface area contributed by atoms with E-state index >= 15 is 0 Å². The van der Waals surface area contributed by atoms with Gasteiger partial charge in [-0.1, -0.05) is 0 Å². The molecule has 1 N–H and O–H groups in total. The Morgan fingerprint density at radius 3 is 2.70 bits per heavy atom. The summed E-state index contributed by atoms with van der Waals surface area (Å²) < 4.78 is 30.7. The van der Waals surface area contributed by atoms with E-state index < -0.39 is 16.9 Å². The second-order valence-electron chi connectivity index (χ2n) is 1.56. The van der Waals surface area contributed by atoms with Gasteiger partial charge in [-0.3, -0.25) is 0 Å². The Balaban J connectivity index is 3.00. The topological polar surface area (TPSA) is 50.2 Å². The van der Waals surface area contributed by atoms with Crippen molar-refractivity contribution < 1.29 is 13.2 Å². The van der Waals surface area contributed by atoms with Crippen molar-refractivity contribution in [2.45, 2.75) is 5.03 Å². The van der Waals surface area contributed by atoms with Crippen molar-refractivity contribution in [3.05, 3.63) is 24.1 Å². The molecule has 0 aromatic carbocycles. The van der Waals surface area contributed by atoms with Crippen molar-refractivity contribution in [2.75, 3.05) is 0 Å². The molecule has 0 saturated heterocycles. The molecule has 54 valence electrons. The van der Waals surface area contributed by atoms with E-state index in [1.165, 1.54) is 0 Å². The van der Waals surface area contributed by atoms with E-state index in [4.69, 9.17) is 4.55 Å². The summed E-state index contributed by atoms with van der Waals surface area (Å²) in [5.41, 5.74) is 0. The van der Waals surface area contributed by atoms with Gasteiger partial charge in [0.25, 0.3) is 0 Å². The summed E-state index contributed by atoms with van der Waals surface area (Å²) in [6, 6.07) is 2.24. The number of nitrogens with zero attached hydrogens (tertiary/aromatic N) is 1. The lowest BCUT2D eigenvalue weighted by molar-refractivity contribution is 0.558. The third kappa shape index (κ3) is 1.58. The Kier molecular flexibility index (Phi) is 2.08. The molecule has 0 aliphatic rings. The molecule has 10 heavy (non-hydrogen) atoms. The maximum absolute atomic E-state index is 12.1. The predicted molar refractivity (Wildman–Crippen MR) is 33.2 cm³/mol. The lowest BCUT2D eigenvalue weighted by Gasteiger charge is -1.90. The number of hydrogen-bond acceptors (Lipinski definition) is 2. The van der Waals surface area contributed by atoms with Crippen molar-refractivity contribution in [3.8, 4) is 0 Å². The van der Waals surface area contributed by atoms with E-state index in [1.54, 1.807) is 0 Å². The predicted octanol–water partition coefficient (Wildman–Crippen LogP) is 0.801. The summed E-state index contributed by atoms with van der Waals surface area (Å²) in [6.45, 7) is 0. The van der Waals surface area contributed by atoms with Crippen molar-refractivity contribution >= 4 is 11.1 Å². The van der Waals surface area contributed by atoms with Crippen LogP contribution in [0.25, 0.3) is 0 Å². The van der Waals surface area contributed by atoms with Crippen LogP contribution in [0.4, 0.5) is 4.39 Å². The first-order valence-electron chi connectivity index (χ1n) is 2.42. The largest absolute Gasteiger partial charge is 0.301 e. The fourth-order valence-electron chi connectivity index (χ4n) is 0.466. The molecule has 3 nitrogen and oxygen atoms in total. The number of pyridine rings is 1. The molecule has 1 rings (SSSR count). The van der Waals surface area contributed by atoms with Gasteiger partial charge in [-0.25, -0.2) is 13.6 Å². The molecule has 1 atom stereocenters. The first-order chi connectivity index (χ1) is 4.70. The Hall–Kier alpha value is -0.810. The second kappa shape index (κ2) is 2.85. The van der Waals surface area contributed by atoms with Gasteiger partial charge >= 0.3 is 0 Å². The van der Waals surface area contributed by atoms with Gasteiger partial charge in [0, 0.05) is 0 Å². The first-order valence-corrected chi connectivity index (χ1v) is 3.53. The first kappa shape index (κ1) is 7.30. The summed E-state index contributed by atoms with van der Waals surface area (Å²) in [6.07, 6.45) is 0.892. The van der Waals surface area contributed by atoms with E-state index in [-0.39, 0.29) is 5.03 Å². The fraction of sp³-hybridized carbons (Fsp3) is 0. The summed E-state index contributed by atoms with van der Waals surface area (Å²) in [5, 5.41) is -0.0404. The quantitative estimate of drug-likeness (QED) is 0.620. The molecule has 1 aromatic heterocycles. The molecule has 1 unspecified atom stereocenters. The standard InChI is InChI=1S/C5H4FNO2S/c6-4-1-2-5(7-3-4)10(8)9/h1-3H,(H,8,9). The Bertz CT molecular complexity index is 248. The van der Waals surface area contributed by atoms with Crippen LogP contribution in [0.5, 0.6) is 0 Å². The maximum Gasteiger partial charge on any atom is 0.205 e. The van der Waals surface area contributed by atoms with Crippen LogP contribution in [0.15, 0.2) is 23.4 Å². The monoisotopic (exact) mass is 161 g/mol. The molecule has 5 heteroatoms. The van der Waals surface area contributed by atoms with Crippen molar-refractivity contribution in [2.24, 2.45) is 0 Å². The fourth-order valence-corrected chi connectivity index (χ4v) is 0.793.